The third kappa shape index (κ3) is 13.7. The summed E-state index contributed by atoms with van der Waals surface area (Å²) in [4.78, 5) is 71.0. The van der Waals surface area contributed by atoms with Crippen molar-refractivity contribution >= 4 is 29.5 Å². The number of carbonyl (C=O) groups excluding carboxylic acids is 5. The van der Waals surface area contributed by atoms with Crippen molar-refractivity contribution in [2.45, 2.75) is 83.9 Å². The molecule has 1 aromatic carbocycles. The Kier molecular flexibility index (Phi) is 16.5. The van der Waals surface area contributed by atoms with Crippen molar-refractivity contribution < 1.29 is 38.6 Å². The maximum atomic E-state index is 13.3. The summed E-state index contributed by atoms with van der Waals surface area (Å²) in [5.74, 6) is -1.05. The van der Waals surface area contributed by atoms with Gasteiger partial charge in [-0.3, -0.25) is 29.0 Å². The molecular weight excluding hydrogens is 644 g/mol. The van der Waals surface area contributed by atoms with Gasteiger partial charge in [-0.25, -0.2) is 0 Å². The van der Waals surface area contributed by atoms with Gasteiger partial charge in [0.1, 0.15) is 12.1 Å². The average molecular weight is 697 g/mol. The number of aliphatic hydroxyl groups is 1. The van der Waals surface area contributed by atoms with E-state index in [0.29, 0.717) is 63.2 Å². The van der Waals surface area contributed by atoms with E-state index in [9.17, 15) is 29.1 Å². The molecule has 0 fully saturated rings. The van der Waals surface area contributed by atoms with Crippen LogP contribution in [0.15, 0.2) is 42.7 Å². The number of hydrogen-bond donors (Lipinski definition) is 5. The van der Waals surface area contributed by atoms with E-state index in [1.165, 1.54) is 14.0 Å². The van der Waals surface area contributed by atoms with Gasteiger partial charge in [-0.2, -0.15) is 0 Å². The molecule has 274 valence electrons. The number of carbonyl (C=O) groups is 5. The summed E-state index contributed by atoms with van der Waals surface area (Å²) in [5, 5.41) is 21.4. The average Bonchev–Trinajstić information content (AvgIpc) is 3.08. The Balaban J connectivity index is 1.77. The summed E-state index contributed by atoms with van der Waals surface area (Å²) in [5.41, 5.74) is 1.57. The minimum atomic E-state index is -1.23. The highest BCUT2D eigenvalue weighted by molar-refractivity contribution is 5.92. The smallest absolute Gasteiger partial charge is 0.257 e. The molecule has 2 aliphatic rings. The topological polar surface area (TPSA) is 188 Å². The highest BCUT2D eigenvalue weighted by Crippen LogP contribution is 2.28. The van der Waals surface area contributed by atoms with Gasteiger partial charge in [-0.15, -0.1) is 0 Å². The van der Waals surface area contributed by atoms with Crippen LogP contribution in [0.1, 0.15) is 64.0 Å². The zero-order valence-electron chi connectivity index (χ0n) is 29.5. The highest BCUT2D eigenvalue weighted by atomic mass is 16.5. The van der Waals surface area contributed by atoms with Gasteiger partial charge >= 0.3 is 0 Å². The second-order valence-electron chi connectivity index (χ2n) is 12.9. The third-order valence-electron chi connectivity index (χ3n) is 8.16. The summed E-state index contributed by atoms with van der Waals surface area (Å²) in [6.45, 7) is 6.44. The van der Waals surface area contributed by atoms with Crippen molar-refractivity contribution in [3.8, 4) is 11.5 Å². The standard InChI is InChI=1S/C36H52N6O8/c1-24(2)19-28-35(47)41-34(25(3)43)36(48)39-15-5-6-17-42(33(46)21-27-9-7-14-37-22-27)18-8-16-38-32(45)23-50-29-12-10-26(20-30(29)49-4)11-13-31(44)40-28/h7,9-10,12,14,20,22,24-25,28,34,43H,5-6,8,11,13,15-19,21,23H2,1-4H3,(H,38,45)(H,39,48)(H,40,44)(H,41,47)/t25-,28-,34+/m1/s1. The van der Waals surface area contributed by atoms with Crippen molar-refractivity contribution in [2.75, 3.05) is 39.9 Å². The summed E-state index contributed by atoms with van der Waals surface area (Å²) in [6, 6.07) is 6.64. The van der Waals surface area contributed by atoms with E-state index in [0.717, 1.165) is 11.1 Å². The van der Waals surface area contributed by atoms with E-state index in [4.69, 9.17) is 9.47 Å². The number of aryl methyl sites for hydroxylation is 1. The van der Waals surface area contributed by atoms with Gasteiger partial charge in [0.2, 0.25) is 23.6 Å². The van der Waals surface area contributed by atoms with E-state index in [1.807, 2.05) is 19.9 Å². The maximum absolute atomic E-state index is 13.3. The van der Waals surface area contributed by atoms with E-state index in [1.54, 1.807) is 41.6 Å². The zero-order chi connectivity index (χ0) is 36.5. The minimum absolute atomic E-state index is 0.0555. The third-order valence-corrected chi connectivity index (χ3v) is 8.16. The predicted octanol–water partition coefficient (Wildman–Crippen LogP) is 1.29. The number of nitrogens with one attached hydrogen (secondary N) is 4. The first kappa shape index (κ1) is 39.7. The van der Waals surface area contributed by atoms with Crippen LogP contribution in [-0.4, -0.2) is 103 Å². The Morgan fingerprint density at radius 1 is 0.980 bits per heavy atom. The number of ether oxygens (including phenoxy) is 2. The normalized spacial score (nSPS) is 20.2. The fraction of sp³-hybridized carbons (Fsp3) is 0.556. The molecule has 14 nitrogen and oxygen atoms in total. The molecule has 5 amide bonds. The fourth-order valence-electron chi connectivity index (χ4n) is 5.46. The minimum Gasteiger partial charge on any atom is -0.493 e. The van der Waals surface area contributed by atoms with Crippen LogP contribution >= 0.6 is 0 Å². The van der Waals surface area contributed by atoms with Crippen LogP contribution in [-0.2, 0) is 36.8 Å². The maximum Gasteiger partial charge on any atom is 0.257 e. The molecule has 2 bridgehead atoms. The fourth-order valence-corrected chi connectivity index (χ4v) is 5.46. The van der Waals surface area contributed by atoms with Gasteiger partial charge in [0.05, 0.1) is 19.6 Å². The summed E-state index contributed by atoms with van der Waals surface area (Å²) < 4.78 is 11.2. The van der Waals surface area contributed by atoms with Gasteiger partial charge in [0.25, 0.3) is 5.91 Å². The number of hydrogen-bond acceptors (Lipinski definition) is 9. The molecule has 0 aliphatic carbocycles. The van der Waals surface area contributed by atoms with Crippen LogP contribution < -0.4 is 30.7 Å². The van der Waals surface area contributed by atoms with Crippen LogP contribution in [0.3, 0.4) is 0 Å². The van der Waals surface area contributed by atoms with E-state index >= 15 is 0 Å². The second-order valence-corrected chi connectivity index (χ2v) is 12.9. The Bertz CT molecular complexity index is 1420. The molecule has 0 radical (unpaired) electrons. The lowest BCUT2D eigenvalue weighted by Crippen LogP contribution is -2.57. The predicted molar refractivity (Wildman–Crippen MR) is 186 cm³/mol. The van der Waals surface area contributed by atoms with Crippen molar-refractivity contribution in [1.82, 2.24) is 31.2 Å². The SMILES string of the molecule is COc1cc2ccc1OCC(=O)NCCCN(C(=O)Cc1cccnc1)CCCCNC(=O)[C@H]([C@@H](C)O)NC(=O)[C@@H](CC(C)C)NC(=O)CC2. The van der Waals surface area contributed by atoms with Crippen LogP contribution in [0.25, 0.3) is 0 Å². The van der Waals surface area contributed by atoms with Crippen molar-refractivity contribution in [2.24, 2.45) is 5.92 Å². The Hall–Kier alpha value is -4.72. The molecule has 2 aromatic rings. The summed E-state index contributed by atoms with van der Waals surface area (Å²) >= 11 is 0. The van der Waals surface area contributed by atoms with E-state index in [-0.39, 0.29) is 49.6 Å². The van der Waals surface area contributed by atoms with Crippen molar-refractivity contribution in [1.29, 1.82) is 0 Å². The van der Waals surface area contributed by atoms with Gasteiger partial charge in [0, 0.05) is 45.0 Å². The van der Waals surface area contributed by atoms with Crippen molar-refractivity contribution in [3.05, 3.63) is 53.9 Å². The van der Waals surface area contributed by atoms with Gasteiger partial charge in [-0.1, -0.05) is 26.0 Å². The lowest BCUT2D eigenvalue weighted by atomic mass is 10.0. The molecule has 0 saturated heterocycles. The molecule has 5 N–H and O–H groups in total. The van der Waals surface area contributed by atoms with Crippen LogP contribution in [0.4, 0.5) is 0 Å². The molecule has 4 rings (SSSR count). The number of fused-ring (bicyclic) bond motifs is 23. The quantitative estimate of drug-likeness (QED) is 0.277. The number of benzene rings is 1. The molecule has 14 heteroatoms. The molecule has 3 heterocycles. The number of aliphatic hydroxyl groups excluding tert-OH is 1. The highest BCUT2D eigenvalue weighted by Gasteiger charge is 2.30. The van der Waals surface area contributed by atoms with Gasteiger partial charge in [0.15, 0.2) is 18.1 Å². The first-order valence-electron chi connectivity index (χ1n) is 17.2. The molecule has 1 aromatic heterocycles. The number of pyridine rings is 1. The number of aromatic nitrogens is 1. The second kappa shape index (κ2) is 20.7. The molecule has 0 unspecified atom stereocenters. The van der Waals surface area contributed by atoms with Gasteiger partial charge < -0.3 is 40.7 Å². The molecule has 50 heavy (non-hydrogen) atoms. The molecular formula is C36H52N6O8. The first-order valence-corrected chi connectivity index (χ1v) is 17.2. The molecule has 0 spiro atoms. The van der Waals surface area contributed by atoms with Crippen LogP contribution in [0.2, 0.25) is 0 Å². The van der Waals surface area contributed by atoms with Gasteiger partial charge in [-0.05, 0) is 74.3 Å². The zero-order valence-corrected chi connectivity index (χ0v) is 29.5. The molecule has 0 saturated carbocycles. The Morgan fingerprint density at radius 2 is 1.74 bits per heavy atom. The van der Waals surface area contributed by atoms with E-state index < -0.39 is 30.0 Å². The summed E-state index contributed by atoms with van der Waals surface area (Å²) in [7, 11) is 1.48. The Morgan fingerprint density at radius 3 is 2.44 bits per heavy atom. The van der Waals surface area contributed by atoms with E-state index in [2.05, 4.69) is 26.3 Å². The number of amides is 5. The van der Waals surface area contributed by atoms with Crippen molar-refractivity contribution in [3.63, 3.8) is 0 Å². The Labute approximate surface area is 294 Å². The largest absolute Gasteiger partial charge is 0.493 e. The first-order chi connectivity index (χ1) is 24.0. The lowest BCUT2D eigenvalue weighted by Gasteiger charge is -2.26. The van der Waals surface area contributed by atoms with Crippen LogP contribution in [0.5, 0.6) is 11.5 Å². The monoisotopic (exact) mass is 696 g/mol. The lowest BCUT2D eigenvalue weighted by molar-refractivity contribution is -0.134. The summed E-state index contributed by atoms with van der Waals surface area (Å²) in [6.07, 6.45) is 4.67. The van der Waals surface area contributed by atoms with Crippen LogP contribution in [0, 0.1) is 5.92 Å². The molecule has 3 atom stereocenters. The number of nitrogens with zero attached hydrogens (tertiary/aromatic N) is 2. The molecule has 2 aliphatic heterocycles. The number of methoxy groups -OCH3 is 1. The number of rotatable bonds is 6.